The molecule has 0 aliphatic rings. The van der Waals surface area contributed by atoms with Crippen molar-refractivity contribution in [2.75, 3.05) is 0 Å². The topological polar surface area (TPSA) is 90.8 Å². The molecule has 5 aromatic rings. The maximum absolute atomic E-state index is 13.3. The van der Waals surface area contributed by atoms with Gasteiger partial charge in [-0.15, -0.1) is 0 Å². The summed E-state index contributed by atoms with van der Waals surface area (Å²) in [6, 6.07) is 7.91. The summed E-state index contributed by atoms with van der Waals surface area (Å²) in [4.78, 5) is 22.3. The van der Waals surface area contributed by atoms with Gasteiger partial charge in [0.15, 0.2) is 0 Å². The lowest BCUT2D eigenvalue weighted by Gasteiger charge is -2.18. The van der Waals surface area contributed by atoms with E-state index in [9.17, 15) is 9.90 Å². The molecule has 4 aromatic heterocycles. The Hall–Kier alpha value is -3.78. The number of aliphatic hydroxyl groups is 1. The van der Waals surface area contributed by atoms with Crippen molar-refractivity contribution in [1.82, 2.24) is 28.9 Å². The molecular formula is C25H26N6O2. The molecule has 168 valence electrons. The van der Waals surface area contributed by atoms with Crippen molar-refractivity contribution >= 4 is 21.9 Å². The smallest absolute Gasteiger partial charge is 0.333 e. The monoisotopic (exact) mass is 442 g/mol. The Kier molecular flexibility index (Phi) is 4.72. The number of hydrogen-bond acceptors (Lipinski definition) is 5. The van der Waals surface area contributed by atoms with E-state index in [0.29, 0.717) is 0 Å². The molecule has 8 nitrogen and oxygen atoms in total. The van der Waals surface area contributed by atoms with Crippen molar-refractivity contribution in [2.24, 2.45) is 7.05 Å². The van der Waals surface area contributed by atoms with Crippen molar-refractivity contribution in [3.8, 4) is 16.8 Å². The third-order valence-electron chi connectivity index (χ3n) is 6.15. The number of fused-ring (bicyclic) bond motifs is 3. The molecule has 1 N–H and O–H groups in total. The number of nitrogens with zero attached hydrogens (tertiary/aromatic N) is 6. The summed E-state index contributed by atoms with van der Waals surface area (Å²) in [5.74, 6) is 0. The molecule has 0 bridgehead atoms. The van der Waals surface area contributed by atoms with Crippen LogP contribution in [0, 0.1) is 6.92 Å². The van der Waals surface area contributed by atoms with Gasteiger partial charge >= 0.3 is 5.69 Å². The van der Waals surface area contributed by atoms with Gasteiger partial charge in [-0.05, 0) is 51.5 Å². The summed E-state index contributed by atoms with van der Waals surface area (Å²) in [7, 11) is 1.76. The van der Waals surface area contributed by atoms with E-state index in [-0.39, 0.29) is 5.69 Å². The minimum absolute atomic E-state index is 0.144. The van der Waals surface area contributed by atoms with E-state index in [1.54, 1.807) is 48.6 Å². The third kappa shape index (κ3) is 3.34. The van der Waals surface area contributed by atoms with E-state index < -0.39 is 5.60 Å². The molecule has 0 amide bonds. The fourth-order valence-corrected chi connectivity index (χ4v) is 4.22. The normalized spacial score (nSPS) is 12.2. The number of hydrogen-bond donors (Lipinski definition) is 1. The molecular weight excluding hydrogens is 416 g/mol. The average molecular weight is 443 g/mol. The van der Waals surface area contributed by atoms with Gasteiger partial charge in [0.2, 0.25) is 0 Å². The molecule has 0 fully saturated rings. The molecule has 0 unspecified atom stereocenters. The van der Waals surface area contributed by atoms with Crippen LogP contribution < -0.4 is 5.69 Å². The predicted molar refractivity (Wildman–Crippen MR) is 128 cm³/mol. The van der Waals surface area contributed by atoms with Crippen molar-refractivity contribution in [3.05, 3.63) is 70.8 Å². The predicted octanol–water partition coefficient (Wildman–Crippen LogP) is 3.69. The molecule has 4 heterocycles. The summed E-state index contributed by atoms with van der Waals surface area (Å²) in [6.45, 7) is 8.13. The van der Waals surface area contributed by atoms with E-state index in [1.165, 1.54) is 0 Å². The fraction of sp³-hybridized carbons (Fsp3) is 0.280. The van der Waals surface area contributed by atoms with Crippen LogP contribution in [0.5, 0.6) is 0 Å². The van der Waals surface area contributed by atoms with Gasteiger partial charge in [0.1, 0.15) is 0 Å². The highest BCUT2D eigenvalue weighted by Gasteiger charge is 2.20. The lowest BCUT2D eigenvalue weighted by atomic mass is 9.96. The Morgan fingerprint density at radius 1 is 1.09 bits per heavy atom. The molecule has 0 atom stereocenters. The summed E-state index contributed by atoms with van der Waals surface area (Å²) < 4.78 is 5.18. The molecule has 0 saturated heterocycles. The van der Waals surface area contributed by atoms with Crippen LogP contribution in [0.25, 0.3) is 38.8 Å². The first-order valence-electron chi connectivity index (χ1n) is 10.9. The summed E-state index contributed by atoms with van der Waals surface area (Å²) >= 11 is 0. The standard InChI is InChI=1S/C25H26N6O2/c1-6-30-14-22(15(2)28-30)31-23-19-10-16(17-9-18(12-26-11-17)25(3,4)33)7-8-20(19)27-13-21(23)29(5)24(31)32/h7-14,33H,6H2,1-5H3. The first kappa shape index (κ1) is 21.1. The van der Waals surface area contributed by atoms with Gasteiger partial charge in [-0.2, -0.15) is 5.10 Å². The van der Waals surface area contributed by atoms with Crippen LogP contribution in [0.3, 0.4) is 0 Å². The second kappa shape index (κ2) is 7.38. The number of rotatable bonds is 4. The molecule has 5 rings (SSSR count). The molecule has 0 aliphatic carbocycles. The Morgan fingerprint density at radius 3 is 2.58 bits per heavy atom. The average Bonchev–Trinajstić information content (AvgIpc) is 3.29. The van der Waals surface area contributed by atoms with E-state index in [0.717, 1.165) is 56.6 Å². The van der Waals surface area contributed by atoms with Gasteiger partial charge in [-0.3, -0.25) is 23.8 Å². The quantitative estimate of drug-likeness (QED) is 0.458. The number of aromatic nitrogens is 6. The van der Waals surface area contributed by atoms with Gasteiger partial charge in [-0.1, -0.05) is 6.07 Å². The largest absolute Gasteiger partial charge is 0.386 e. The summed E-state index contributed by atoms with van der Waals surface area (Å²) in [5.41, 5.74) is 5.28. The lowest BCUT2D eigenvalue weighted by Crippen LogP contribution is -2.21. The van der Waals surface area contributed by atoms with Gasteiger partial charge in [0, 0.05) is 48.7 Å². The number of imidazole rings is 1. The minimum atomic E-state index is -0.994. The lowest BCUT2D eigenvalue weighted by molar-refractivity contribution is 0.0783. The summed E-state index contributed by atoms with van der Waals surface area (Å²) in [6.07, 6.45) is 7.10. The second-order valence-electron chi connectivity index (χ2n) is 8.88. The van der Waals surface area contributed by atoms with E-state index in [1.807, 2.05) is 49.0 Å². The van der Waals surface area contributed by atoms with Crippen LogP contribution in [0.2, 0.25) is 0 Å². The molecule has 0 aliphatic heterocycles. The number of benzene rings is 1. The van der Waals surface area contributed by atoms with Gasteiger partial charge in [-0.25, -0.2) is 4.79 Å². The van der Waals surface area contributed by atoms with Crippen LogP contribution >= 0.6 is 0 Å². The molecule has 0 radical (unpaired) electrons. The zero-order valence-corrected chi connectivity index (χ0v) is 19.4. The summed E-state index contributed by atoms with van der Waals surface area (Å²) in [5, 5.41) is 15.8. The van der Waals surface area contributed by atoms with Gasteiger partial charge in [0.25, 0.3) is 0 Å². The van der Waals surface area contributed by atoms with Gasteiger partial charge in [0.05, 0.1) is 39.7 Å². The molecule has 33 heavy (non-hydrogen) atoms. The highest BCUT2D eigenvalue weighted by molar-refractivity contribution is 6.04. The number of pyridine rings is 2. The van der Waals surface area contributed by atoms with Crippen LogP contribution in [0.4, 0.5) is 0 Å². The van der Waals surface area contributed by atoms with Crippen LogP contribution in [0.15, 0.2) is 53.8 Å². The van der Waals surface area contributed by atoms with Crippen molar-refractivity contribution in [1.29, 1.82) is 0 Å². The van der Waals surface area contributed by atoms with Crippen LogP contribution in [-0.4, -0.2) is 34.0 Å². The SMILES string of the molecule is CCn1cc(-n2c(=O)n(C)c3cnc4ccc(-c5cncc(C(C)(C)O)c5)cc4c32)c(C)n1. The highest BCUT2D eigenvalue weighted by atomic mass is 16.3. The number of aryl methyl sites for hydroxylation is 3. The minimum Gasteiger partial charge on any atom is -0.386 e. The van der Waals surface area contributed by atoms with E-state index in [2.05, 4.69) is 15.1 Å². The maximum Gasteiger partial charge on any atom is 0.333 e. The van der Waals surface area contributed by atoms with Crippen LogP contribution in [0.1, 0.15) is 32.0 Å². The Bertz CT molecular complexity index is 1580. The molecule has 0 saturated carbocycles. The Balaban J connectivity index is 1.82. The van der Waals surface area contributed by atoms with E-state index in [4.69, 9.17) is 0 Å². The molecule has 0 spiro atoms. The second-order valence-corrected chi connectivity index (χ2v) is 8.88. The maximum atomic E-state index is 13.3. The Labute approximate surface area is 190 Å². The highest BCUT2D eigenvalue weighted by Crippen LogP contribution is 2.31. The van der Waals surface area contributed by atoms with Crippen molar-refractivity contribution in [2.45, 2.75) is 39.8 Å². The van der Waals surface area contributed by atoms with Crippen LogP contribution in [-0.2, 0) is 19.2 Å². The van der Waals surface area contributed by atoms with Crippen molar-refractivity contribution < 1.29 is 5.11 Å². The molecule has 8 heteroatoms. The fourth-order valence-electron chi connectivity index (χ4n) is 4.22. The first-order valence-corrected chi connectivity index (χ1v) is 10.9. The third-order valence-corrected chi connectivity index (χ3v) is 6.15. The zero-order valence-electron chi connectivity index (χ0n) is 19.4. The molecule has 1 aromatic carbocycles. The zero-order chi connectivity index (χ0) is 23.5. The van der Waals surface area contributed by atoms with Gasteiger partial charge < -0.3 is 5.11 Å². The van der Waals surface area contributed by atoms with E-state index >= 15 is 0 Å². The first-order chi connectivity index (χ1) is 15.7. The Morgan fingerprint density at radius 2 is 1.88 bits per heavy atom. The van der Waals surface area contributed by atoms with Crippen molar-refractivity contribution in [3.63, 3.8) is 0 Å².